The summed E-state index contributed by atoms with van der Waals surface area (Å²) >= 11 is 0. The zero-order valence-corrected chi connectivity index (χ0v) is 7.88. The Hall–Kier alpha value is -0.980. The molecule has 0 atom stereocenters. The van der Waals surface area contributed by atoms with E-state index in [2.05, 4.69) is 25.1 Å². The van der Waals surface area contributed by atoms with Gasteiger partial charge in [-0.2, -0.15) is 0 Å². The van der Waals surface area contributed by atoms with Crippen LogP contribution in [-0.4, -0.2) is 6.61 Å². The van der Waals surface area contributed by atoms with Crippen molar-refractivity contribution in [2.75, 3.05) is 6.61 Å². The minimum atomic E-state index is 0.858. The molecule has 1 nitrogen and oxygen atoms in total. The molecule has 1 aromatic rings. The maximum absolute atomic E-state index is 5.50. The van der Waals surface area contributed by atoms with Gasteiger partial charge in [0.15, 0.2) is 0 Å². The van der Waals surface area contributed by atoms with Crippen LogP contribution in [0.25, 0.3) is 0 Å². The molecule has 1 aliphatic heterocycles. The summed E-state index contributed by atoms with van der Waals surface area (Å²) in [6, 6.07) is 6.36. The van der Waals surface area contributed by atoms with Gasteiger partial charge >= 0.3 is 0 Å². The van der Waals surface area contributed by atoms with Gasteiger partial charge in [-0.1, -0.05) is 25.5 Å². The van der Waals surface area contributed by atoms with E-state index in [1.54, 1.807) is 0 Å². The van der Waals surface area contributed by atoms with Crippen molar-refractivity contribution >= 4 is 0 Å². The summed E-state index contributed by atoms with van der Waals surface area (Å²) in [5.74, 6) is 1.10. The highest BCUT2D eigenvalue weighted by Gasteiger charge is 2.14. The van der Waals surface area contributed by atoms with Crippen LogP contribution in [-0.2, 0) is 12.8 Å². The number of benzene rings is 1. The maximum Gasteiger partial charge on any atom is 0.122 e. The van der Waals surface area contributed by atoms with E-state index in [1.807, 2.05) is 0 Å². The number of ether oxygens (including phenoxy) is 1. The van der Waals surface area contributed by atoms with Crippen LogP contribution in [0.3, 0.4) is 0 Å². The van der Waals surface area contributed by atoms with Crippen LogP contribution in [0.1, 0.15) is 24.0 Å². The van der Waals surface area contributed by atoms with Crippen molar-refractivity contribution < 1.29 is 4.74 Å². The second-order valence-electron chi connectivity index (χ2n) is 3.45. The predicted molar refractivity (Wildman–Crippen MR) is 53.9 cm³/mol. The average molecular weight is 175 g/mol. The fourth-order valence-electron chi connectivity index (χ4n) is 1.84. The van der Waals surface area contributed by atoms with Gasteiger partial charge in [0.2, 0.25) is 0 Å². The van der Waals surface area contributed by atoms with Gasteiger partial charge < -0.3 is 4.74 Å². The first-order valence-electron chi connectivity index (χ1n) is 4.94. The van der Waals surface area contributed by atoms with E-state index in [4.69, 9.17) is 4.74 Å². The highest BCUT2D eigenvalue weighted by atomic mass is 16.5. The molecule has 1 radical (unpaired) electrons. The topological polar surface area (TPSA) is 9.23 Å². The minimum absolute atomic E-state index is 0.858. The predicted octanol–water partition coefficient (Wildman–Crippen LogP) is 2.78. The molecule has 13 heavy (non-hydrogen) atoms. The third-order valence-corrected chi connectivity index (χ3v) is 2.54. The Bertz CT molecular complexity index is 291. The summed E-state index contributed by atoms with van der Waals surface area (Å²) in [6.07, 6.45) is 4.43. The molecule has 2 rings (SSSR count). The first-order chi connectivity index (χ1) is 6.42. The Balaban J connectivity index is 2.20. The molecule has 0 N–H and O–H groups in total. The summed E-state index contributed by atoms with van der Waals surface area (Å²) in [5.41, 5.74) is 2.88. The van der Waals surface area contributed by atoms with Crippen LogP contribution in [0, 0.1) is 6.92 Å². The van der Waals surface area contributed by atoms with Gasteiger partial charge in [0, 0.05) is 12.0 Å². The fourth-order valence-corrected chi connectivity index (χ4v) is 1.84. The summed E-state index contributed by atoms with van der Waals surface area (Å²) < 4.78 is 5.50. The number of fused-ring (bicyclic) bond motifs is 1. The van der Waals surface area contributed by atoms with Crippen LogP contribution in [0.5, 0.6) is 5.75 Å². The second kappa shape index (κ2) is 3.82. The molecule has 0 bridgehead atoms. The molecule has 0 spiro atoms. The molecule has 0 amide bonds. The van der Waals surface area contributed by atoms with Crippen molar-refractivity contribution in [3.63, 3.8) is 0 Å². The zero-order chi connectivity index (χ0) is 9.10. The van der Waals surface area contributed by atoms with Crippen LogP contribution in [0.15, 0.2) is 18.2 Å². The number of aryl methyl sites for hydroxylation is 1. The quantitative estimate of drug-likeness (QED) is 0.686. The van der Waals surface area contributed by atoms with Crippen LogP contribution < -0.4 is 4.74 Å². The Morgan fingerprint density at radius 2 is 2.31 bits per heavy atom. The van der Waals surface area contributed by atoms with E-state index in [0.29, 0.717) is 0 Å². The molecule has 1 heterocycles. The van der Waals surface area contributed by atoms with E-state index in [1.165, 1.54) is 17.5 Å². The second-order valence-corrected chi connectivity index (χ2v) is 3.45. The van der Waals surface area contributed by atoms with Gasteiger partial charge in [-0.3, -0.25) is 0 Å². The molecule has 0 aliphatic carbocycles. The SMILES string of the molecule is [CH2]CCCc1cccc2c1CCO2. The van der Waals surface area contributed by atoms with Gasteiger partial charge in [-0.15, -0.1) is 0 Å². The molecule has 0 saturated heterocycles. The van der Waals surface area contributed by atoms with Crippen molar-refractivity contribution in [3.8, 4) is 5.75 Å². The highest BCUT2D eigenvalue weighted by molar-refractivity contribution is 5.42. The molecule has 1 heteroatoms. The lowest BCUT2D eigenvalue weighted by Gasteiger charge is -2.05. The molecular formula is C12H15O. The molecular weight excluding hydrogens is 160 g/mol. The van der Waals surface area contributed by atoms with E-state index in [0.717, 1.165) is 31.6 Å². The van der Waals surface area contributed by atoms with Gasteiger partial charge in [0.05, 0.1) is 6.61 Å². The highest BCUT2D eigenvalue weighted by Crippen LogP contribution is 2.28. The monoisotopic (exact) mass is 175 g/mol. The largest absolute Gasteiger partial charge is 0.493 e. The van der Waals surface area contributed by atoms with Crippen molar-refractivity contribution in [2.45, 2.75) is 25.7 Å². The van der Waals surface area contributed by atoms with E-state index in [9.17, 15) is 0 Å². The maximum atomic E-state index is 5.50. The van der Waals surface area contributed by atoms with Crippen LogP contribution >= 0.6 is 0 Å². The lowest BCUT2D eigenvalue weighted by atomic mass is 10.0. The molecule has 0 saturated carbocycles. The zero-order valence-electron chi connectivity index (χ0n) is 7.88. The molecule has 1 aromatic carbocycles. The smallest absolute Gasteiger partial charge is 0.122 e. The first-order valence-corrected chi connectivity index (χ1v) is 4.94. The van der Waals surface area contributed by atoms with Gasteiger partial charge in [-0.05, 0) is 24.5 Å². The minimum Gasteiger partial charge on any atom is -0.493 e. The third kappa shape index (κ3) is 1.69. The van der Waals surface area contributed by atoms with Gasteiger partial charge in [0.1, 0.15) is 5.75 Å². The lowest BCUT2D eigenvalue weighted by molar-refractivity contribution is 0.357. The Labute approximate surface area is 79.7 Å². The number of hydrogen-bond donors (Lipinski definition) is 0. The normalized spacial score (nSPS) is 13.9. The molecule has 69 valence electrons. The van der Waals surface area contributed by atoms with Gasteiger partial charge in [-0.25, -0.2) is 0 Å². The fraction of sp³-hybridized carbons (Fsp3) is 0.417. The van der Waals surface area contributed by atoms with E-state index < -0.39 is 0 Å². The standard InChI is InChI=1S/C12H15O/c1-2-3-5-10-6-4-7-12-11(10)8-9-13-12/h4,6-7H,1-3,5,8-9H2. The average Bonchev–Trinajstić information content (AvgIpc) is 2.62. The van der Waals surface area contributed by atoms with E-state index in [-0.39, 0.29) is 0 Å². The summed E-state index contributed by atoms with van der Waals surface area (Å²) in [6.45, 7) is 4.72. The Morgan fingerprint density at radius 1 is 1.38 bits per heavy atom. The molecule has 0 fully saturated rings. The van der Waals surface area contributed by atoms with Crippen molar-refractivity contribution in [1.29, 1.82) is 0 Å². The summed E-state index contributed by atoms with van der Waals surface area (Å²) in [7, 11) is 0. The number of rotatable bonds is 3. The number of hydrogen-bond acceptors (Lipinski definition) is 1. The Morgan fingerprint density at radius 3 is 3.15 bits per heavy atom. The molecule has 0 aromatic heterocycles. The summed E-state index contributed by atoms with van der Waals surface area (Å²) in [4.78, 5) is 0. The first kappa shape index (κ1) is 8.61. The van der Waals surface area contributed by atoms with Gasteiger partial charge in [0.25, 0.3) is 0 Å². The van der Waals surface area contributed by atoms with E-state index >= 15 is 0 Å². The van der Waals surface area contributed by atoms with Crippen LogP contribution in [0.4, 0.5) is 0 Å². The van der Waals surface area contributed by atoms with Crippen molar-refractivity contribution in [1.82, 2.24) is 0 Å². The van der Waals surface area contributed by atoms with Crippen molar-refractivity contribution in [3.05, 3.63) is 36.2 Å². The Kier molecular flexibility index (Phi) is 2.53. The molecule has 0 unspecified atom stereocenters. The lowest BCUT2D eigenvalue weighted by Crippen LogP contribution is -1.91. The van der Waals surface area contributed by atoms with Crippen molar-refractivity contribution in [2.24, 2.45) is 0 Å². The van der Waals surface area contributed by atoms with Crippen LogP contribution in [0.2, 0.25) is 0 Å². The number of unbranched alkanes of at least 4 members (excludes halogenated alkanes) is 1. The summed E-state index contributed by atoms with van der Waals surface area (Å²) in [5, 5.41) is 0. The third-order valence-electron chi connectivity index (χ3n) is 2.54. The molecule has 1 aliphatic rings.